The topological polar surface area (TPSA) is 20.2 Å². The average Bonchev–Trinajstić information content (AvgIpc) is 2.29. The lowest BCUT2D eigenvalue weighted by Gasteiger charge is -2.18. The van der Waals surface area contributed by atoms with Crippen LogP contribution in [0.3, 0.4) is 0 Å². The van der Waals surface area contributed by atoms with Crippen LogP contribution >= 0.6 is 0 Å². The third-order valence-corrected chi connectivity index (χ3v) is 2.64. The fourth-order valence-electron chi connectivity index (χ4n) is 1.57. The zero-order valence-corrected chi connectivity index (χ0v) is 11.6. The van der Waals surface area contributed by atoms with Gasteiger partial charge in [0.2, 0.25) is 0 Å². The Kier molecular flexibility index (Phi) is 4.96. The van der Waals surface area contributed by atoms with Crippen molar-refractivity contribution in [1.29, 1.82) is 0 Å². The van der Waals surface area contributed by atoms with Gasteiger partial charge in [-0.3, -0.25) is 0 Å². The molecule has 2 rings (SSSR count). The number of phenolic OH excluding ortho intramolecular Hbond substituents is 1. The number of phenols is 1. The van der Waals surface area contributed by atoms with E-state index in [0.29, 0.717) is 11.2 Å². The van der Waals surface area contributed by atoms with Gasteiger partial charge in [0.1, 0.15) is 5.75 Å². The quantitative estimate of drug-likeness (QED) is 0.711. The van der Waals surface area contributed by atoms with Crippen molar-refractivity contribution in [3.63, 3.8) is 0 Å². The molecule has 2 aromatic carbocycles. The largest absolute Gasteiger partial charge is 0.508 e. The number of aromatic hydroxyl groups is 1. The predicted molar refractivity (Wildman–Crippen MR) is 78.0 cm³/mol. The summed E-state index contributed by atoms with van der Waals surface area (Å²) in [7, 11) is 0. The zero-order chi connectivity index (χ0) is 13.6. The Labute approximate surface area is 110 Å². The molecule has 0 fully saturated rings. The second-order valence-electron chi connectivity index (χ2n) is 5.46. The van der Waals surface area contributed by atoms with Gasteiger partial charge in [-0.15, -0.1) is 0 Å². The molecule has 0 aromatic heterocycles. The fraction of sp³-hybridized carbons (Fsp3) is 0.294. The lowest BCUT2D eigenvalue weighted by Crippen LogP contribution is -2.10. The molecular formula is C17H22O. The van der Waals surface area contributed by atoms with Crippen LogP contribution in [0.5, 0.6) is 5.75 Å². The van der Waals surface area contributed by atoms with Crippen LogP contribution in [0, 0.1) is 6.92 Å². The molecule has 0 aliphatic heterocycles. The molecule has 2 aromatic rings. The van der Waals surface area contributed by atoms with Gasteiger partial charge in [0, 0.05) is 0 Å². The van der Waals surface area contributed by atoms with Crippen LogP contribution in [-0.2, 0) is 5.41 Å². The molecule has 0 saturated heterocycles. The van der Waals surface area contributed by atoms with Crippen LogP contribution in [0.2, 0.25) is 0 Å². The van der Waals surface area contributed by atoms with E-state index in [1.807, 2.05) is 19.1 Å². The maximum atomic E-state index is 8.81. The van der Waals surface area contributed by atoms with Gasteiger partial charge in [-0.1, -0.05) is 63.2 Å². The summed E-state index contributed by atoms with van der Waals surface area (Å²) >= 11 is 0. The summed E-state index contributed by atoms with van der Waals surface area (Å²) in [6, 6.07) is 17.7. The summed E-state index contributed by atoms with van der Waals surface area (Å²) in [5, 5.41) is 8.81. The molecule has 0 atom stereocenters. The van der Waals surface area contributed by atoms with Crippen LogP contribution in [0.25, 0.3) is 0 Å². The summed E-state index contributed by atoms with van der Waals surface area (Å²) in [6.45, 7) is 8.62. The van der Waals surface area contributed by atoms with Crippen molar-refractivity contribution in [3.05, 3.63) is 65.7 Å². The number of rotatable bonds is 0. The van der Waals surface area contributed by atoms with Crippen molar-refractivity contribution >= 4 is 0 Å². The standard InChI is InChI=1S/C10H14.C7H8O/c1-10(2,3)9-7-5-4-6-8-9;1-6-3-2-4-7(8)5-6/h4-8H,1-3H3;2-5,8H,1H3. The van der Waals surface area contributed by atoms with Crippen molar-refractivity contribution < 1.29 is 5.11 Å². The molecule has 0 amide bonds. The van der Waals surface area contributed by atoms with E-state index in [9.17, 15) is 0 Å². The molecule has 0 bridgehead atoms. The van der Waals surface area contributed by atoms with Crippen molar-refractivity contribution in [1.82, 2.24) is 0 Å². The molecule has 0 aliphatic carbocycles. The van der Waals surface area contributed by atoms with Crippen LogP contribution in [0.15, 0.2) is 54.6 Å². The first-order valence-corrected chi connectivity index (χ1v) is 6.21. The van der Waals surface area contributed by atoms with E-state index in [-0.39, 0.29) is 0 Å². The van der Waals surface area contributed by atoms with Gasteiger partial charge in [0.15, 0.2) is 0 Å². The minimum absolute atomic E-state index is 0.293. The van der Waals surface area contributed by atoms with Gasteiger partial charge in [-0.2, -0.15) is 0 Å². The van der Waals surface area contributed by atoms with E-state index in [1.54, 1.807) is 12.1 Å². The molecule has 96 valence electrons. The van der Waals surface area contributed by atoms with Crippen molar-refractivity contribution in [2.75, 3.05) is 0 Å². The Morgan fingerprint density at radius 1 is 0.833 bits per heavy atom. The smallest absolute Gasteiger partial charge is 0.115 e. The van der Waals surface area contributed by atoms with Gasteiger partial charge in [-0.25, -0.2) is 0 Å². The SMILES string of the molecule is CC(C)(C)c1ccccc1.Cc1cccc(O)c1. The second-order valence-corrected chi connectivity index (χ2v) is 5.46. The first-order valence-electron chi connectivity index (χ1n) is 6.21. The molecular weight excluding hydrogens is 220 g/mol. The molecule has 18 heavy (non-hydrogen) atoms. The summed E-state index contributed by atoms with van der Waals surface area (Å²) in [5.74, 6) is 0.338. The Morgan fingerprint density at radius 2 is 1.44 bits per heavy atom. The lowest BCUT2D eigenvalue weighted by molar-refractivity contribution is 0.475. The maximum absolute atomic E-state index is 8.81. The van der Waals surface area contributed by atoms with E-state index in [4.69, 9.17) is 5.11 Å². The molecule has 0 spiro atoms. The summed E-state index contributed by atoms with van der Waals surface area (Å²) < 4.78 is 0. The molecule has 0 heterocycles. The highest BCUT2D eigenvalue weighted by Crippen LogP contribution is 2.20. The maximum Gasteiger partial charge on any atom is 0.115 e. The summed E-state index contributed by atoms with van der Waals surface area (Å²) in [4.78, 5) is 0. The van der Waals surface area contributed by atoms with Crippen molar-refractivity contribution in [2.24, 2.45) is 0 Å². The van der Waals surface area contributed by atoms with Gasteiger partial charge < -0.3 is 5.11 Å². The van der Waals surface area contributed by atoms with Gasteiger partial charge >= 0.3 is 0 Å². The van der Waals surface area contributed by atoms with E-state index in [1.165, 1.54) is 5.56 Å². The highest BCUT2D eigenvalue weighted by Gasteiger charge is 2.11. The first-order chi connectivity index (χ1) is 8.39. The molecule has 0 radical (unpaired) electrons. The van der Waals surface area contributed by atoms with E-state index in [2.05, 4.69) is 51.1 Å². The number of hydrogen-bond donors (Lipinski definition) is 1. The third-order valence-electron chi connectivity index (χ3n) is 2.64. The van der Waals surface area contributed by atoms with Crippen LogP contribution in [-0.4, -0.2) is 5.11 Å². The molecule has 0 saturated carbocycles. The minimum Gasteiger partial charge on any atom is -0.508 e. The average molecular weight is 242 g/mol. The number of benzene rings is 2. The second kappa shape index (κ2) is 6.25. The highest BCUT2D eigenvalue weighted by atomic mass is 16.3. The minimum atomic E-state index is 0.293. The van der Waals surface area contributed by atoms with Gasteiger partial charge in [-0.05, 0) is 35.6 Å². The normalized spacial score (nSPS) is 10.4. The summed E-state index contributed by atoms with van der Waals surface area (Å²) in [5.41, 5.74) is 2.78. The lowest BCUT2D eigenvalue weighted by atomic mass is 9.87. The molecule has 1 heteroatoms. The molecule has 0 aliphatic rings. The van der Waals surface area contributed by atoms with Crippen LogP contribution in [0.1, 0.15) is 31.9 Å². The van der Waals surface area contributed by atoms with Crippen molar-refractivity contribution in [2.45, 2.75) is 33.1 Å². The first kappa shape index (κ1) is 14.3. The number of hydrogen-bond acceptors (Lipinski definition) is 1. The van der Waals surface area contributed by atoms with Crippen LogP contribution in [0.4, 0.5) is 0 Å². The van der Waals surface area contributed by atoms with Crippen molar-refractivity contribution in [3.8, 4) is 5.75 Å². The van der Waals surface area contributed by atoms with E-state index >= 15 is 0 Å². The fourth-order valence-corrected chi connectivity index (χ4v) is 1.57. The van der Waals surface area contributed by atoms with Gasteiger partial charge in [0.05, 0.1) is 0 Å². The Balaban J connectivity index is 0.000000184. The predicted octanol–water partition coefficient (Wildman–Crippen LogP) is 4.68. The Hall–Kier alpha value is -1.76. The van der Waals surface area contributed by atoms with E-state index < -0.39 is 0 Å². The monoisotopic (exact) mass is 242 g/mol. The third kappa shape index (κ3) is 5.05. The van der Waals surface area contributed by atoms with E-state index in [0.717, 1.165) is 5.56 Å². The summed E-state index contributed by atoms with van der Waals surface area (Å²) in [6.07, 6.45) is 0. The Bertz CT molecular complexity index is 449. The molecule has 0 unspecified atom stereocenters. The zero-order valence-electron chi connectivity index (χ0n) is 11.6. The molecule has 1 N–H and O–H groups in total. The van der Waals surface area contributed by atoms with Gasteiger partial charge in [0.25, 0.3) is 0 Å². The molecule has 1 nitrogen and oxygen atoms in total. The Morgan fingerprint density at radius 3 is 1.78 bits per heavy atom. The number of aryl methyl sites for hydroxylation is 1. The highest BCUT2D eigenvalue weighted by molar-refractivity contribution is 5.25. The van der Waals surface area contributed by atoms with Crippen LogP contribution < -0.4 is 0 Å².